The molecule has 63 heavy (non-hydrogen) atoms. The lowest BCUT2D eigenvalue weighted by atomic mass is 10.1. The molecular weight excluding hydrogens is 822 g/mol. The molecular formula is C50H84NO11P. The van der Waals surface area contributed by atoms with Gasteiger partial charge in [-0.15, -0.1) is 0 Å². The lowest BCUT2D eigenvalue weighted by Crippen LogP contribution is -2.34. The van der Waals surface area contributed by atoms with E-state index in [4.69, 9.17) is 24.8 Å². The number of aliphatic carboxylic acids is 1. The van der Waals surface area contributed by atoms with Gasteiger partial charge < -0.3 is 30.3 Å². The van der Waals surface area contributed by atoms with Crippen molar-refractivity contribution in [2.24, 2.45) is 5.73 Å². The Morgan fingerprint density at radius 2 is 1.11 bits per heavy atom. The first kappa shape index (κ1) is 59.6. The normalized spacial score (nSPS) is 14.9. The molecule has 0 saturated carbocycles. The molecule has 12 nitrogen and oxygen atoms in total. The number of hydrogen-bond acceptors (Lipinski definition) is 10. The van der Waals surface area contributed by atoms with Crippen molar-refractivity contribution in [3.63, 3.8) is 0 Å². The fourth-order valence-electron chi connectivity index (χ4n) is 5.99. The molecule has 0 aromatic heterocycles. The van der Waals surface area contributed by atoms with Crippen LogP contribution in [0.5, 0.6) is 0 Å². The number of phosphoric ester groups is 1. The second kappa shape index (κ2) is 43.9. The van der Waals surface area contributed by atoms with E-state index in [2.05, 4.69) is 67.0 Å². The van der Waals surface area contributed by atoms with Gasteiger partial charge in [0.1, 0.15) is 12.6 Å². The van der Waals surface area contributed by atoms with Crippen LogP contribution in [0.15, 0.2) is 85.1 Å². The van der Waals surface area contributed by atoms with Crippen LogP contribution in [0.2, 0.25) is 0 Å². The standard InChI is InChI=1S/C50H84NO11P/c1-3-5-7-9-11-13-15-17-18-19-20-21-22-24-26-28-30-32-36-41-49(54)62-46(43-60-63(57,58)61-44-47(51)50(55)56)42-59-48(53)40-37-33-35-39-45(52)38-34-31-29-27-25-23-16-14-12-10-8-6-4-2/h6,8,12,14,17-18,23,25,29,31,33-35,38,45-47,52H,3-5,7,9-11,13,15-16,19-22,24,26-28,30,32,36-37,39-44,51H2,1-2H3,(H,55,56)(H,57,58)/b8-6-,14-12-,18-17-,25-23-,31-29-,35-33-,38-34-/t45?,46-,47+/m1/s1. The lowest BCUT2D eigenvalue weighted by molar-refractivity contribution is -0.161. The van der Waals surface area contributed by atoms with Gasteiger partial charge in [-0.2, -0.15) is 0 Å². The van der Waals surface area contributed by atoms with Crippen LogP contribution in [-0.4, -0.2) is 71.1 Å². The highest BCUT2D eigenvalue weighted by molar-refractivity contribution is 7.47. The number of nitrogens with two attached hydrogens (primary N) is 1. The molecule has 0 amide bonds. The molecule has 360 valence electrons. The summed E-state index contributed by atoms with van der Waals surface area (Å²) in [4.78, 5) is 46.1. The van der Waals surface area contributed by atoms with Crippen molar-refractivity contribution in [2.75, 3.05) is 19.8 Å². The van der Waals surface area contributed by atoms with Crippen LogP contribution in [0.25, 0.3) is 0 Å². The maximum atomic E-state index is 12.7. The highest BCUT2D eigenvalue weighted by atomic mass is 31.2. The number of unbranched alkanes of at least 4 members (excludes halogenated alkanes) is 15. The minimum absolute atomic E-state index is 0.0112. The fraction of sp³-hybridized carbons (Fsp3) is 0.660. The number of carboxylic acid groups (broad SMARTS) is 1. The van der Waals surface area contributed by atoms with E-state index in [0.29, 0.717) is 19.3 Å². The first-order valence-electron chi connectivity index (χ1n) is 23.7. The van der Waals surface area contributed by atoms with Crippen LogP contribution < -0.4 is 5.73 Å². The van der Waals surface area contributed by atoms with Crippen LogP contribution in [0.3, 0.4) is 0 Å². The van der Waals surface area contributed by atoms with Crippen molar-refractivity contribution in [2.45, 2.75) is 193 Å². The van der Waals surface area contributed by atoms with Gasteiger partial charge in [0, 0.05) is 12.8 Å². The zero-order chi connectivity index (χ0) is 46.5. The molecule has 0 fully saturated rings. The van der Waals surface area contributed by atoms with Gasteiger partial charge in [-0.3, -0.25) is 23.4 Å². The van der Waals surface area contributed by atoms with Crippen LogP contribution in [0.1, 0.15) is 174 Å². The number of phosphoric acid groups is 1. The maximum absolute atomic E-state index is 12.7. The topological polar surface area (TPSA) is 192 Å². The second-order valence-corrected chi connectivity index (χ2v) is 17.2. The van der Waals surface area contributed by atoms with Crippen LogP contribution in [0.4, 0.5) is 0 Å². The molecule has 0 aliphatic heterocycles. The zero-order valence-corrected chi connectivity index (χ0v) is 39.6. The van der Waals surface area contributed by atoms with E-state index in [1.54, 1.807) is 24.3 Å². The Balaban J connectivity index is 4.51. The summed E-state index contributed by atoms with van der Waals surface area (Å²) in [6.07, 6.45) is 51.1. The van der Waals surface area contributed by atoms with Crippen LogP contribution in [0, 0.1) is 0 Å². The molecule has 0 saturated heterocycles. The monoisotopic (exact) mass is 906 g/mol. The number of carbonyl (C=O) groups is 3. The number of rotatable bonds is 43. The van der Waals surface area contributed by atoms with Gasteiger partial charge in [0.15, 0.2) is 6.10 Å². The van der Waals surface area contributed by atoms with E-state index in [1.165, 1.54) is 70.6 Å². The summed E-state index contributed by atoms with van der Waals surface area (Å²) in [7, 11) is -4.77. The third-order valence-electron chi connectivity index (χ3n) is 9.72. The van der Waals surface area contributed by atoms with E-state index in [-0.39, 0.29) is 12.8 Å². The zero-order valence-electron chi connectivity index (χ0n) is 38.7. The van der Waals surface area contributed by atoms with Gasteiger partial charge in [0.2, 0.25) is 0 Å². The van der Waals surface area contributed by atoms with Crippen molar-refractivity contribution in [3.05, 3.63) is 85.1 Å². The second-order valence-electron chi connectivity index (χ2n) is 15.7. The molecule has 2 unspecified atom stereocenters. The summed E-state index contributed by atoms with van der Waals surface area (Å²) < 4.78 is 32.6. The Kier molecular flexibility index (Phi) is 41.5. The van der Waals surface area contributed by atoms with Crippen molar-refractivity contribution >= 4 is 25.7 Å². The minimum Gasteiger partial charge on any atom is -0.480 e. The summed E-state index contributed by atoms with van der Waals surface area (Å²) in [5.74, 6) is -2.59. The Morgan fingerprint density at radius 3 is 1.70 bits per heavy atom. The predicted molar refractivity (Wildman–Crippen MR) is 255 cm³/mol. The van der Waals surface area contributed by atoms with Crippen molar-refractivity contribution in [1.29, 1.82) is 0 Å². The average Bonchev–Trinajstić information content (AvgIpc) is 3.26. The quantitative estimate of drug-likeness (QED) is 0.0149. The molecule has 0 aromatic carbocycles. The largest absolute Gasteiger partial charge is 0.480 e. The lowest BCUT2D eigenvalue weighted by Gasteiger charge is -2.20. The third-order valence-corrected chi connectivity index (χ3v) is 10.7. The summed E-state index contributed by atoms with van der Waals surface area (Å²) >= 11 is 0. The van der Waals surface area contributed by atoms with Gasteiger partial charge in [0.25, 0.3) is 0 Å². The fourth-order valence-corrected chi connectivity index (χ4v) is 6.77. The Morgan fingerprint density at radius 1 is 0.587 bits per heavy atom. The number of carbonyl (C=O) groups excluding carboxylic acids is 2. The van der Waals surface area contributed by atoms with Crippen LogP contribution in [-0.2, 0) is 37.5 Å². The highest BCUT2D eigenvalue weighted by Crippen LogP contribution is 2.43. The summed E-state index contributed by atoms with van der Waals surface area (Å²) in [5, 5.41) is 19.1. The van der Waals surface area contributed by atoms with E-state index < -0.39 is 63.8 Å². The molecule has 0 radical (unpaired) electrons. The van der Waals surface area contributed by atoms with Crippen molar-refractivity contribution in [1.82, 2.24) is 0 Å². The number of esters is 2. The number of hydrogen-bond donors (Lipinski definition) is 4. The van der Waals surface area contributed by atoms with E-state index in [0.717, 1.165) is 57.8 Å². The molecule has 0 bridgehead atoms. The SMILES string of the molecule is CC/C=C\C/C=C\C/C=C\C/C=C\C=C/C(O)C/C=C\CCC(=O)OC[C@H](COP(=O)(O)OC[C@H](N)C(=O)O)OC(=O)CCCCCCCCCCC/C=C\CCCCCCCC. The molecule has 0 aromatic rings. The number of allylic oxidation sites excluding steroid dienone is 12. The van der Waals surface area contributed by atoms with Gasteiger partial charge in [-0.1, -0.05) is 176 Å². The number of ether oxygens (including phenoxy) is 2. The van der Waals surface area contributed by atoms with Crippen molar-refractivity contribution in [3.8, 4) is 0 Å². The smallest absolute Gasteiger partial charge is 0.472 e. The van der Waals surface area contributed by atoms with Gasteiger partial charge in [-0.05, 0) is 70.6 Å². The van der Waals surface area contributed by atoms with Crippen molar-refractivity contribution < 1.29 is 52.6 Å². The summed E-state index contributed by atoms with van der Waals surface area (Å²) in [5.41, 5.74) is 5.33. The molecule has 13 heteroatoms. The van der Waals surface area contributed by atoms with Gasteiger partial charge in [0.05, 0.1) is 19.3 Å². The summed E-state index contributed by atoms with van der Waals surface area (Å²) in [6.45, 7) is 2.51. The first-order chi connectivity index (χ1) is 30.5. The predicted octanol–water partition coefficient (Wildman–Crippen LogP) is 12.0. The Labute approximate surface area is 380 Å². The van der Waals surface area contributed by atoms with Crippen LogP contribution >= 0.6 is 7.82 Å². The molecule has 0 rings (SSSR count). The Hall–Kier alpha value is -3.38. The van der Waals surface area contributed by atoms with Gasteiger partial charge in [-0.25, -0.2) is 4.57 Å². The van der Waals surface area contributed by atoms with E-state index >= 15 is 0 Å². The van der Waals surface area contributed by atoms with Gasteiger partial charge >= 0.3 is 25.7 Å². The number of carboxylic acids is 1. The molecule has 0 aliphatic carbocycles. The van der Waals surface area contributed by atoms with E-state index in [1.807, 2.05) is 12.2 Å². The molecule has 5 N–H and O–H groups in total. The summed E-state index contributed by atoms with van der Waals surface area (Å²) in [6, 6.07) is -1.55. The number of aliphatic hydroxyl groups excluding tert-OH is 1. The molecule has 0 aliphatic rings. The average molecular weight is 906 g/mol. The first-order valence-corrected chi connectivity index (χ1v) is 25.2. The number of aliphatic hydroxyl groups is 1. The molecule has 0 heterocycles. The highest BCUT2D eigenvalue weighted by Gasteiger charge is 2.28. The molecule has 0 spiro atoms. The maximum Gasteiger partial charge on any atom is 0.472 e. The molecule has 4 atom stereocenters. The van der Waals surface area contributed by atoms with E-state index in [9.17, 15) is 28.9 Å². The minimum atomic E-state index is -4.77. The Bertz CT molecular complexity index is 1400. The third kappa shape index (κ3) is 43.6.